The molecule has 0 bridgehead atoms. The molecule has 2 aliphatic rings. The normalized spacial score (nSPS) is 21.7. The average Bonchev–Trinajstić information content (AvgIpc) is 2.99. The van der Waals surface area contributed by atoms with Gasteiger partial charge in [0.15, 0.2) is 0 Å². The van der Waals surface area contributed by atoms with Gasteiger partial charge >= 0.3 is 23.9 Å². The molecule has 0 radical (unpaired) electrons. The maximum Gasteiger partial charge on any atom is 0.333 e. The van der Waals surface area contributed by atoms with E-state index < -0.39 is 0 Å². The predicted octanol–water partition coefficient (Wildman–Crippen LogP) is 6.02. The topological polar surface area (TPSA) is 105 Å². The summed E-state index contributed by atoms with van der Waals surface area (Å²) in [6, 6.07) is 5.72. The van der Waals surface area contributed by atoms with E-state index in [1.165, 1.54) is 0 Å². The first kappa shape index (κ1) is 34.1. The molecule has 43 heavy (non-hydrogen) atoms. The molecule has 2 aliphatic carbocycles. The Balaban J connectivity index is 1.34. The number of hydrogen-bond donors (Lipinski definition) is 0. The van der Waals surface area contributed by atoms with Crippen molar-refractivity contribution in [3.63, 3.8) is 0 Å². The zero-order valence-electron chi connectivity index (χ0n) is 26.1. The molecule has 0 heterocycles. The molecular weight excluding hydrogens is 548 g/mol. The third kappa shape index (κ3) is 12.0. The lowest BCUT2D eigenvalue weighted by Gasteiger charge is -2.28. The summed E-state index contributed by atoms with van der Waals surface area (Å²) in [5.74, 6) is 0.0689. The fourth-order valence-corrected chi connectivity index (χ4v) is 5.63. The second-order valence-electron chi connectivity index (χ2n) is 12.5. The van der Waals surface area contributed by atoms with Crippen molar-refractivity contribution >= 4 is 23.9 Å². The third-order valence-electron chi connectivity index (χ3n) is 8.59. The van der Waals surface area contributed by atoms with Gasteiger partial charge in [-0.15, -0.1) is 0 Å². The van der Waals surface area contributed by atoms with Gasteiger partial charge in [0.1, 0.15) is 0 Å². The molecule has 0 saturated heterocycles. The molecule has 0 aromatic heterocycles. The number of benzene rings is 1. The van der Waals surface area contributed by atoms with Crippen LogP contribution < -0.4 is 0 Å². The van der Waals surface area contributed by atoms with E-state index in [1.54, 1.807) is 13.8 Å². The smallest absolute Gasteiger partial charge is 0.333 e. The molecule has 0 spiro atoms. The van der Waals surface area contributed by atoms with Crippen LogP contribution >= 0.6 is 0 Å². The van der Waals surface area contributed by atoms with Crippen molar-refractivity contribution in [2.75, 3.05) is 26.4 Å². The van der Waals surface area contributed by atoms with E-state index in [0.717, 1.165) is 68.1 Å². The van der Waals surface area contributed by atoms with Gasteiger partial charge in [-0.3, -0.25) is 9.59 Å². The number of hydrogen-bond acceptors (Lipinski definition) is 8. The van der Waals surface area contributed by atoms with Crippen molar-refractivity contribution in [3.8, 4) is 0 Å². The van der Waals surface area contributed by atoms with Gasteiger partial charge in [-0.1, -0.05) is 31.4 Å². The van der Waals surface area contributed by atoms with Crippen molar-refractivity contribution in [2.45, 2.75) is 85.0 Å². The first-order chi connectivity index (χ1) is 20.5. The minimum atomic E-state index is -0.345. The van der Waals surface area contributed by atoms with Gasteiger partial charge < -0.3 is 18.9 Å². The van der Waals surface area contributed by atoms with Crippen molar-refractivity contribution in [3.05, 3.63) is 59.2 Å². The largest absolute Gasteiger partial charge is 0.465 e. The van der Waals surface area contributed by atoms with Gasteiger partial charge in [0.05, 0.1) is 39.3 Å². The van der Waals surface area contributed by atoms with Crippen LogP contribution in [-0.2, 0) is 51.0 Å². The Bertz CT molecular complexity index is 1150. The van der Waals surface area contributed by atoms with Crippen LogP contribution in [0.25, 0.3) is 0 Å². The summed E-state index contributed by atoms with van der Waals surface area (Å²) >= 11 is 0. The average molecular weight is 597 g/mol. The second kappa shape index (κ2) is 17.0. The van der Waals surface area contributed by atoms with E-state index in [2.05, 4.69) is 13.2 Å². The molecule has 1 aromatic carbocycles. The highest BCUT2D eigenvalue weighted by molar-refractivity contribution is 5.87. The SMILES string of the molecule is C=C(C)C(=O)OCC1CCC(COC(=O)Cc2ccc(C)c(CC(=O)OCC3CCC(COC(=O)C(=C)C)CC3)c2)CC1. The summed E-state index contributed by atoms with van der Waals surface area (Å²) in [5.41, 5.74) is 3.46. The van der Waals surface area contributed by atoms with Crippen LogP contribution in [0.2, 0.25) is 0 Å². The quantitative estimate of drug-likeness (QED) is 0.146. The van der Waals surface area contributed by atoms with Gasteiger partial charge in [-0.05, 0) is 112 Å². The first-order valence-corrected chi connectivity index (χ1v) is 15.5. The van der Waals surface area contributed by atoms with Crippen molar-refractivity contribution < 1.29 is 38.1 Å². The highest BCUT2D eigenvalue weighted by atomic mass is 16.5. The lowest BCUT2D eigenvalue weighted by molar-refractivity contribution is -0.145. The monoisotopic (exact) mass is 596 g/mol. The second-order valence-corrected chi connectivity index (χ2v) is 12.5. The molecule has 236 valence electrons. The molecule has 0 aliphatic heterocycles. The zero-order valence-corrected chi connectivity index (χ0v) is 26.1. The number of rotatable bonds is 14. The summed E-state index contributed by atoms with van der Waals surface area (Å²) in [5, 5.41) is 0. The van der Waals surface area contributed by atoms with Gasteiger partial charge in [0.2, 0.25) is 0 Å². The Kier molecular flexibility index (Phi) is 13.5. The standard InChI is InChI=1S/C35H48O8/c1-23(2)34(38)42-21-28-12-8-26(9-13-28)19-40-32(36)17-30-7-6-25(5)31(16-30)18-33(37)41-20-27-10-14-29(15-11-27)22-43-35(39)24(3)4/h6-7,16,26-29H,1,3,8-15,17-22H2,2,4-5H3. The van der Waals surface area contributed by atoms with E-state index >= 15 is 0 Å². The summed E-state index contributed by atoms with van der Waals surface area (Å²) in [4.78, 5) is 48.4. The molecule has 1 aromatic rings. The van der Waals surface area contributed by atoms with E-state index in [4.69, 9.17) is 18.9 Å². The van der Waals surface area contributed by atoms with E-state index in [1.807, 2.05) is 25.1 Å². The highest BCUT2D eigenvalue weighted by Gasteiger charge is 2.25. The maximum atomic E-state index is 12.6. The molecule has 0 atom stereocenters. The van der Waals surface area contributed by atoms with Gasteiger partial charge in [-0.25, -0.2) is 9.59 Å². The molecule has 2 saturated carbocycles. The number of ether oxygens (including phenoxy) is 4. The van der Waals surface area contributed by atoms with Crippen LogP contribution in [0.15, 0.2) is 42.5 Å². The van der Waals surface area contributed by atoms with Crippen molar-refractivity contribution in [2.24, 2.45) is 23.7 Å². The number of aryl methyl sites for hydroxylation is 1. The lowest BCUT2D eigenvalue weighted by atomic mass is 9.83. The minimum Gasteiger partial charge on any atom is -0.465 e. The van der Waals surface area contributed by atoms with Crippen LogP contribution in [0, 0.1) is 30.6 Å². The highest BCUT2D eigenvalue weighted by Crippen LogP contribution is 2.30. The summed E-state index contributed by atoms with van der Waals surface area (Å²) in [7, 11) is 0. The first-order valence-electron chi connectivity index (χ1n) is 15.5. The Hall–Kier alpha value is -3.42. The van der Waals surface area contributed by atoms with Crippen molar-refractivity contribution in [1.82, 2.24) is 0 Å². The number of carbonyl (C=O) groups is 4. The molecule has 8 nitrogen and oxygen atoms in total. The summed E-state index contributed by atoms with van der Waals surface area (Å²) in [6.07, 6.45) is 7.82. The van der Waals surface area contributed by atoms with E-state index in [-0.39, 0.29) is 36.7 Å². The minimum absolute atomic E-state index is 0.152. The Morgan fingerprint density at radius 2 is 1.00 bits per heavy atom. The number of carbonyl (C=O) groups excluding carboxylic acids is 4. The molecule has 3 rings (SSSR count). The lowest BCUT2D eigenvalue weighted by Crippen LogP contribution is -2.24. The van der Waals surface area contributed by atoms with Crippen LogP contribution in [0.3, 0.4) is 0 Å². The molecule has 0 N–H and O–H groups in total. The summed E-state index contributed by atoms with van der Waals surface area (Å²) in [6.45, 7) is 14.1. The molecule has 0 amide bonds. The molecule has 2 fully saturated rings. The van der Waals surface area contributed by atoms with Crippen LogP contribution in [0.1, 0.15) is 81.9 Å². The van der Waals surface area contributed by atoms with Gasteiger partial charge in [-0.2, -0.15) is 0 Å². The van der Waals surface area contributed by atoms with Crippen LogP contribution in [0.5, 0.6) is 0 Å². The van der Waals surface area contributed by atoms with Crippen molar-refractivity contribution in [1.29, 1.82) is 0 Å². The summed E-state index contributed by atoms with van der Waals surface area (Å²) < 4.78 is 21.8. The Morgan fingerprint density at radius 3 is 1.40 bits per heavy atom. The van der Waals surface area contributed by atoms with Crippen LogP contribution in [-0.4, -0.2) is 50.3 Å². The fourth-order valence-electron chi connectivity index (χ4n) is 5.63. The van der Waals surface area contributed by atoms with E-state index in [9.17, 15) is 19.2 Å². The van der Waals surface area contributed by atoms with E-state index in [0.29, 0.717) is 61.2 Å². The zero-order chi connectivity index (χ0) is 31.4. The molecule has 8 heteroatoms. The Morgan fingerprint density at radius 1 is 0.628 bits per heavy atom. The maximum absolute atomic E-state index is 12.6. The van der Waals surface area contributed by atoms with Crippen LogP contribution in [0.4, 0.5) is 0 Å². The Labute approximate surface area is 256 Å². The van der Waals surface area contributed by atoms with Gasteiger partial charge in [0.25, 0.3) is 0 Å². The predicted molar refractivity (Wildman–Crippen MR) is 163 cm³/mol. The van der Waals surface area contributed by atoms with Gasteiger partial charge in [0, 0.05) is 11.1 Å². The third-order valence-corrected chi connectivity index (χ3v) is 8.59. The molecule has 0 unspecified atom stereocenters. The molecular formula is C35H48O8. The fraction of sp³-hybridized carbons (Fsp3) is 0.600. The number of esters is 4.